The van der Waals surface area contributed by atoms with Crippen LogP contribution in [-0.2, 0) is 11.3 Å². The topological polar surface area (TPSA) is 62.1 Å². The third kappa shape index (κ3) is 3.84. The molecule has 0 aliphatic carbocycles. The number of nitriles is 1. The number of hydrogen-bond acceptors (Lipinski definition) is 4. The van der Waals surface area contributed by atoms with Crippen LogP contribution < -0.4 is 10.1 Å². The van der Waals surface area contributed by atoms with Crippen LogP contribution in [0.2, 0.25) is 0 Å². The van der Waals surface area contributed by atoms with Gasteiger partial charge in [-0.05, 0) is 48.2 Å². The lowest BCUT2D eigenvalue weighted by molar-refractivity contribution is -0.123. The highest BCUT2D eigenvalue weighted by Crippen LogP contribution is 2.15. The maximum absolute atomic E-state index is 11.7. The number of nitrogens with one attached hydrogen (secondary N) is 1. The first kappa shape index (κ1) is 14.1. The summed E-state index contributed by atoms with van der Waals surface area (Å²) in [7, 11) is 0. The smallest absolute Gasteiger partial charge is 0.258 e. The van der Waals surface area contributed by atoms with Crippen molar-refractivity contribution in [1.82, 2.24) is 5.32 Å². The lowest BCUT2D eigenvalue weighted by atomic mass is 10.2. The van der Waals surface area contributed by atoms with E-state index in [-0.39, 0.29) is 12.5 Å². The Hall–Kier alpha value is -2.32. The average molecular weight is 286 g/mol. The van der Waals surface area contributed by atoms with Crippen LogP contribution in [0.25, 0.3) is 0 Å². The highest BCUT2D eigenvalue weighted by Gasteiger charge is 2.05. The monoisotopic (exact) mass is 286 g/mol. The van der Waals surface area contributed by atoms with E-state index in [2.05, 4.69) is 5.32 Å². The van der Waals surface area contributed by atoms with Crippen LogP contribution in [0.5, 0.6) is 5.75 Å². The third-order valence-corrected chi connectivity index (χ3v) is 3.79. The van der Waals surface area contributed by atoms with Crippen molar-refractivity contribution in [3.05, 3.63) is 51.7 Å². The van der Waals surface area contributed by atoms with E-state index in [1.54, 1.807) is 35.6 Å². The van der Waals surface area contributed by atoms with Gasteiger partial charge in [0, 0.05) is 4.88 Å². The largest absolute Gasteiger partial charge is 0.484 e. The molecule has 102 valence electrons. The Kier molecular flexibility index (Phi) is 4.75. The van der Waals surface area contributed by atoms with E-state index in [1.165, 1.54) is 5.56 Å². The van der Waals surface area contributed by atoms with Gasteiger partial charge in [-0.15, -0.1) is 11.3 Å². The van der Waals surface area contributed by atoms with Gasteiger partial charge in [0.15, 0.2) is 6.61 Å². The molecule has 0 fully saturated rings. The van der Waals surface area contributed by atoms with Crippen LogP contribution in [0.4, 0.5) is 0 Å². The minimum absolute atomic E-state index is 0.0314. The van der Waals surface area contributed by atoms with Crippen LogP contribution in [0, 0.1) is 18.3 Å². The Morgan fingerprint density at radius 2 is 2.10 bits per heavy atom. The van der Waals surface area contributed by atoms with Crippen molar-refractivity contribution in [3.8, 4) is 11.8 Å². The molecule has 0 unspecified atom stereocenters. The first-order chi connectivity index (χ1) is 9.69. The summed E-state index contributed by atoms with van der Waals surface area (Å²) in [6.45, 7) is 2.51. The van der Waals surface area contributed by atoms with Gasteiger partial charge in [-0.3, -0.25) is 4.79 Å². The summed E-state index contributed by atoms with van der Waals surface area (Å²) in [6.07, 6.45) is 0. The van der Waals surface area contributed by atoms with Crippen LogP contribution in [0.1, 0.15) is 16.0 Å². The van der Waals surface area contributed by atoms with Gasteiger partial charge < -0.3 is 10.1 Å². The first-order valence-electron chi connectivity index (χ1n) is 6.11. The molecule has 0 spiro atoms. The quantitative estimate of drug-likeness (QED) is 0.919. The fourth-order valence-corrected chi connectivity index (χ4v) is 2.44. The molecule has 0 saturated carbocycles. The molecule has 0 aliphatic heterocycles. The van der Waals surface area contributed by atoms with E-state index in [0.717, 1.165) is 4.88 Å². The fraction of sp³-hybridized carbons (Fsp3) is 0.200. The predicted octanol–water partition coefficient (Wildman–Crippen LogP) is 2.62. The Morgan fingerprint density at radius 1 is 1.35 bits per heavy atom. The van der Waals surface area contributed by atoms with Gasteiger partial charge in [0.1, 0.15) is 5.75 Å². The molecule has 1 amide bonds. The zero-order chi connectivity index (χ0) is 14.4. The Labute approximate surface area is 121 Å². The van der Waals surface area contributed by atoms with Gasteiger partial charge in [0.05, 0.1) is 18.2 Å². The molecule has 2 rings (SSSR count). The summed E-state index contributed by atoms with van der Waals surface area (Å²) < 4.78 is 5.35. The molecule has 1 aromatic carbocycles. The number of hydrogen-bond donors (Lipinski definition) is 1. The number of benzene rings is 1. The highest BCUT2D eigenvalue weighted by atomic mass is 32.1. The third-order valence-electron chi connectivity index (χ3n) is 2.77. The minimum atomic E-state index is -0.165. The van der Waals surface area contributed by atoms with E-state index in [4.69, 9.17) is 10.00 Å². The minimum Gasteiger partial charge on any atom is -0.484 e. The number of ether oxygens (including phenoxy) is 1. The van der Waals surface area contributed by atoms with E-state index in [1.807, 2.05) is 24.4 Å². The molecular weight excluding hydrogens is 272 g/mol. The SMILES string of the molecule is Cc1ccsc1CNC(=O)COc1ccc(C#N)cc1. The molecule has 0 saturated heterocycles. The second-order valence-electron chi connectivity index (χ2n) is 4.23. The van der Waals surface area contributed by atoms with Crippen molar-refractivity contribution in [2.45, 2.75) is 13.5 Å². The summed E-state index contributed by atoms with van der Waals surface area (Å²) in [5.41, 5.74) is 1.75. The van der Waals surface area contributed by atoms with Crippen molar-refractivity contribution >= 4 is 17.2 Å². The summed E-state index contributed by atoms with van der Waals surface area (Å²) >= 11 is 1.62. The van der Waals surface area contributed by atoms with E-state index in [9.17, 15) is 4.79 Å². The molecule has 4 nitrogen and oxygen atoms in total. The van der Waals surface area contributed by atoms with Crippen molar-refractivity contribution in [1.29, 1.82) is 5.26 Å². The van der Waals surface area contributed by atoms with Gasteiger partial charge in [0.2, 0.25) is 0 Å². The second kappa shape index (κ2) is 6.73. The standard InChI is InChI=1S/C15H14N2O2S/c1-11-6-7-20-14(11)9-17-15(18)10-19-13-4-2-12(8-16)3-5-13/h2-7H,9-10H2,1H3,(H,17,18). The summed E-state index contributed by atoms with van der Waals surface area (Å²) in [4.78, 5) is 12.8. The summed E-state index contributed by atoms with van der Waals surface area (Å²) in [6, 6.07) is 10.7. The van der Waals surface area contributed by atoms with Crippen molar-refractivity contribution in [2.24, 2.45) is 0 Å². The number of nitrogens with zero attached hydrogens (tertiary/aromatic N) is 1. The molecule has 1 heterocycles. The molecular formula is C15H14N2O2S. The lowest BCUT2D eigenvalue weighted by Crippen LogP contribution is -2.28. The van der Waals surface area contributed by atoms with Crippen LogP contribution in [0.3, 0.4) is 0 Å². The van der Waals surface area contributed by atoms with E-state index >= 15 is 0 Å². The molecule has 1 aromatic heterocycles. The number of amides is 1. The number of rotatable bonds is 5. The van der Waals surface area contributed by atoms with Crippen molar-refractivity contribution < 1.29 is 9.53 Å². The molecule has 0 bridgehead atoms. The maximum atomic E-state index is 11.7. The van der Waals surface area contributed by atoms with Gasteiger partial charge >= 0.3 is 0 Å². The number of aryl methyl sites for hydroxylation is 1. The van der Waals surface area contributed by atoms with Crippen LogP contribution in [-0.4, -0.2) is 12.5 Å². The Morgan fingerprint density at radius 3 is 2.70 bits per heavy atom. The van der Waals surface area contributed by atoms with Gasteiger partial charge in [0.25, 0.3) is 5.91 Å². The lowest BCUT2D eigenvalue weighted by Gasteiger charge is -2.07. The summed E-state index contributed by atoms with van der Waals surface area (Å²) in [5.74, 6) is 0.411. The molecule has 5 heteroatoms. The zero-order valence-corrected chi connectivity index (χ0v) is 11.9. The summed E-state index contributed by atoms with van der Waals surface area (Å²) in [5, 5.41) is 13.5. The molecule has 0 atom stereocenters. The predicted molar refractivity (Wildman–Crippen MR) is 77.6 cm³/mol. The van der Waals surface area contributed by atoms with E-state index < -0.39 is 0 Å². The molecule has 1 N–H and O–H groups in total. The fourth-order valence-electron chi connectivity index (χ4n) is 1.59. The van der Waals surface area contributed by atoms with Gasteiger partial charge in [-0.2, -0.15) is 5.26 Å². The number of carbonyl (C=O) groups is 1. The molecule has 0 aliphatic rings. The second-order valence-corrected chi connectivity index (χ2v) is 5.23. The number of thiophene rings is 1. The Balaban J connectivity index is 1.77. The van der Waals surface area contributed by atoms with Crippen LogP contribution >= 0.6 is 11.3 Å². The molecule has 0 radical (unpaired) electrons. The van der Waals surface area contributed by atoms with Gasteiger partial charge in [-0.1, -0.05) is 0 Å². The van der Waals surface area contributed by atoms with E-state index in [0.29, 0.717) is 17.9 Å². The normalized spacial score (nSPS) is 9.80. The Bertz CT molecular complexity index is 626. The first-order valence-corrected chi connectivity index (χ1v) is 6.99. The number of carbonyl (C=O) groups excluding carboxylic acids is 1. The molecule has 20 heavy (non-hydrogen) atoms. The van der Waals surface area contributed by atoms with Gasteiger partial charge in [-0.25, -0.2) is 0 Å². The maximum Gasteiger partial charge on any atom is 0.258 e. The van der Waals surface area contributed by atoms with Crippen molar-refractivity contribution in [3.63, 3.8) is 0 Å². The zero-order valence-electron chi connectivity index (χ0n) is 11.1. The average Bonchev–Trinajstić information content (AvgIpc) is 2.89. The van der Waals surface area contributed by atoms with Crippen LogP contribution in [0.15, 0.2) is 35.7 Å². The highest BCUT2D eigenvalue weighted by molar-refractivity contribution is 7.10. The van der Waals surface area contributed by atoms with Crippen molar-refractivity contribution in [2.75, 3.05) is 6.61 Å². The molecule has 2 aromatic rings.